The van der Waals surface area contributed by atoms with Crippen molar-refractivity contribution in [2.45, 2.75) is 24.7 Å². The lowest BCUT2D eigenvalue weighted by Gasteiger charge is -2.04. The van der Waals surface area contributed by atoms with E-state index in [1.54, 1.807) is 0 Å². The van der Waals surface area contributed by atoms with Gasteiger partial charge in [-0.2, -0.15) is 0 Å². The van der Waals surface area contributed by atoms with Gasteiger partial charge in [-0.05, 0) is 30.5 Å². The summed E-state index contributed by atoms with van der Waals surface area (Å²) in [7, 11) is 0. The molecule has 1 aromatic carbocycles. The van der Waals surface area contributed by atoms with Gasteiger partial charge in [0.25, 0.3) is 0 Å². The minimum atomic E-state index is -0.136. The third kappa shape index (κ3) is 2.53. The van der Waals surface area contributed by atoms with Gasteiger partial charge in [-0.25, -0.2) is 0 Å². The van der Waals surface area contributed by atoms with Crippen molar-refractivity contribution in [1.29, 1.82) is 0 Å². The van der Waals surface area contributed by atoms with Crippen LogP contribution >= 0.6 is 11.8 Å². The van der Waals surface area contributed by atoms with Gasteiger partial charge in [-0.3, -0.25) is 4.79 Å². The second-order valence-electron chi connectivity index (χ2n) is 3.52. The molecule has 1 aliphatic rings. The fourth-order valence-corrected chi connectivity index (χ4v) is 2.78. The number of ether oxygens (including phenoxy) is 1. The summed E-state index contributed by atoms with van der Waals surface area (Å²) < 4.78 is 4.92. The summed E-state index contributed by atoms with van der Waals surface area (Å²) in [6, 6.07) is 6.27. The van der Waals surface area contributed by atoms with E-state index in [4.69, 9.17) is 4.74 Å². The van der Waals surface area contributed by atoms with Gasteiger partial charge in [-0.15, -0.1) is 11.8 Å². The van der Waals surface area contributed by atoms with E-state index in [1.807, 2.05) is 24.8 Å². The maximum absolute atomic E-state index is 11.3. The zero-order valence-corrected chi connectivity index (χ0v) is 9.60. The van der Waals surface area contributed by atoms with Crippen molar-refractivity contribution in [3.05, 3.63) is 29.3 Å². The number of thioether (sulfide) groups is 1. The Morgan fingerprint density at radius 1 is 1.53 bits per heavy atom. The third-order valence-corrected chi connectivity index (χ3v) is 3.53. The third-order valence-electron chi connectivity index (χ3n) is 2.41. The first-order valence-corrected chi connectivity index (χ1v) is 6.18. The van der Waals surface area contributed by atoms with Gasteiger partial charge < -0.3 is 4.74 Å². The minimum Gasteiger partial charge on any atom is -0.466 e. The maximum atomic E-state index is 11.3. The Kier molecular flexibility index (Phi) is 3.31. The van der Waals surface area contributed by atoms with Gasteiger partial charge in [0.05, 0.1) is 13.0 Å². The van der Waals surface area contributed by atoms with Crippen molar-refractivity contribution in [2.75, 3.05) is 12.4 Å². The van der Waals surface area contributed by atoms with Crippen LogP contribution in [-0.4, -0.2) is 18.3 Å². The zero-order valence-electron chi connectivity index (χ0n) is 8.79. The van der Waals surface area contributed by atoms with Crippen LogP contribution in [0.15, 0.2) is 23.1 Å². The summed E-state index contributed by atoms with van der Waals surface area (Å²) in [6.07, 6.45) is 1.52. The first kappa shape index (κ1) is 10.6. The van der Waals surface area contributed by atoms with Crippen LogP contribution in [0.3, 0.4) is 0 Å². The molecule has 0 bridgehead atoms. The zero-order chi connectivity index (χ0) is 10.7. The maximum Gasteiger partial charge on any atom is 0.310 e. The predicted octanol–water partition coefficient (Wildman–Crippen LogP) is 2.44. The lowest BCUT2D eigenvalue weighted by Crippen LogP contribution is -2.07. The number of benzene rings is 1. The summed E-state index contributed by atoms with van der Waals surface area (Å²) in [4.78, 5) is 12.6. The average molecular weight is 222 g/mol. The van der Waals surface area contributed by atoms with Crippen LogP contribution in [-0.2, 0) is 22.4 Å². The van der Waals surface area contributed by atoms with E-state index in [0.717, 1.165) is 17.7 Å². The van der Waals surface area contributed by atoms with Gasteiger partial charge in [0.15, 0.2) is 0 Å². The molecule has 0 radical (unpaired) electrons. The molecule has 0 N–H and O–H groups in total. The standard InChI is InChI=1S/C12H14O2S/c1-2-14-12(13)8-9-3-4-11-10(7-9)5-6-15-11/h3-4,7H,2,5-6,8H2,1H3. The van der Waals surface area contributed by atoms with Crippen LogP contribution in [0.2, 0.25) is 0 Å². The minimum absolute atomic E-state index is 0.136. The summed E-state index contributed by atoms with van der Waals surface area (Å²) >= 11 is 1.89. The quantitative estimate of drug-likeness (QED) is 0.735. The van der Waals surface area contributed by atoms with E-state index in [1.165, 1.54) is 10.5 Å². The van der Waals surface area contributed by atoms with Crippen molar-refractivity contribution in [3.8, 4) is 0 Å². The number of hydrogen-bond acceptors (Lipinski definition) is 3. The van der Waals surface area contributed by atoms with Gasteiger partial charge in [0, 0.05) is 10.6 Å². The molecule has 3 heteroatoms. The van der Waals surface area contributed by atoms with Gasteiger partial charge in [0.1, 0.15) is 0 Å². The highest BCUT2D eigenvalue weighted by atomic mass is 32.2. The van der Waals surface area contributed by atoms with Crippen LogP contribution in [0.25, 0.3) is 0 Å². The normalized spacial score (nSPS) is 13.7. The molecule has 0 spiro atoms. The van der Waals surface area contributed by atoms with Gasteiger partial charge >= 0.3 is 5.97 Å². The second kappa shape index (κ2) is 4.71. The molecule has 1 aromatic rings. The average Bonchev–Trinajstić information content (AvgIpc) is 2.65. The van der Waals surface area contributed by atoms with Crippen molar-refractivity contribution in [3.63, 3.8) is 0 Å². The highest BCUT2D eigenvalue weighted by Crippen LogP contribution is 2.31. The van der Waals surface area contributed by atoms with Crippen molar-refractivity contribution in [2.24, 2.45) is 0 Å². The molecule has 2 nitrogen and oxygen atoms in total. The van der Waals surface area contributed by atoms with Crippen LogP contribution in [0.1, 0.15) is 18.1 Å². The van der Waals surface area contributed by atoms with Crippen LogP contribution < -0.4 is 0 Å². The molecule has 80 valence electrons. The van der Waals surface area contributed by atoms with Crippen LogP contribution in [0, 0.1) is 0 Å². The van der Waals surface area contributed by atoms with E-state index >= 15 is 0 Å². The summed E-state index contributed by atoms with van der Waals surface area (Å²) in [5, 5.41) is 0. The molecule has 0 atom stereocenters. The Hall–Kier alpha value is -0.960. The summed E-state index contributed by atoms with van der Waals surface area (Å²) in [5.74, 6) is 1.03. The molecular weight excluding hydrogens is 208 g/mol. The molecule has 1 aliphatic heterocycles. The first-order chi connectivity index (χ1) is 7.29. The number of hydrogen-bond donors (Lipinski definition) is 0. The molecule has 2 rings (SSSR count). The fraction of sp³-hybridized carbons (Fsp3) is 0.417. The van der Waals surface area contributed by atoms with E-state index in [0.29, 0.717) is 13.0 Å². The topological polar surface area (TPSA) is 26.3 Å². The number of aryl methyl sites for hydroxylation is 1. The smallest absolute Gasteiger partial charge is 0.310 e. The molecular formula is C12H14O2S. The molecule has 0 unspecified atom stereocenters. The Bertz CT molecular complexity index is 374. The molecule has 15 heavy (non-hydrogen) atoms. The van der Waals surface area contributed by atoms with Crippen LogP contribution in [0.4, 0.5) is 0 Å². The van der Waals surface area contributed by atoms with E-state index in [2.05, 4.69) is 12.1 Å². The Balaban J connectivity index is 2.06. The SMILES string of the molecule is CCOC(=O)Cc1ccc2c(c1)CCS2. The molecule has 0 amide bonds. The van der Waals surface area contributed by atoms with Crippen molar-refractivity contribution >= 4 is 17.7 Å². The predicted molar refractivity (Wildman–Crippen MR) is 61.2 cm³/mol. The highest BCUT2D eigenvalue weighted by Gasteiger charge is 2.12. The van der Waals surface area contributed by atoms with Crippen molar-refractivity contribution in [1.82, 2.24) is 0 Å². The van der Waals surface area contributed by atoms with E-state index in [9.17, 15) is 4.79 Å². The molecule has 0 saturated carbocycles. The fourth-order valence-electron chi connectivity index (χ4n) is 1.73. The lowest BCUT2D eigenvalue weighted by molar-refractivity contribution is -0.142. The monoisotopic (exact) mass is 222 g/mol. The Morgan fingerprint density at radius 2 is 2.40 bits per heavy atom. The number of fused-ring (bicyclic) bond motifs is 1. The molecule has 0 saturated heterocycles. The summed E-state index contributed by atoms with van der Waals surface area (Å²) in [5.41, 5.74) is 2.44. The highest BCUT2D eigenvalue weighted by molar-refractivity contribution is 7.99. The molecule has 1 heterocycles. The van der Waals surface area contributed by atoms with Crippen LogP contribution in [0.5, 0.6) is 0 Å². The van der Waals surface area contributed by atoms with Gasteiger partial charge in [0.2, 0.25) is 0 Å². The summed E-state index contributed by atoms with van der Waals surface area (Å²) in [6.45, 7) is 2.29. The number of carbonyl (C=O) groups is 1. The molecule has 0 fully saturated rings. The van der Waals surface area contributed by atoms with Crippen molar-refractivity contribution < 1.29 is 9.53 Å². The van der Waals surface area contributed by atoms with E-state index in [-0.39, 0.29) is 5.97 Å². The second-order valence-corrected chi connectivity index (χ2v) is 4.66. The number of esters is 1. The largest absolute Gasteiger partial charge is 0.466 e. The number of carbonyl (C=O) groups excluding carboxylic acids is 1. The molecule has 0 aliphatic carbocycles. The van der Waals surface area contributed by atoms with Gasteiger partial charge in [-0.1, -0.05) is 12.1 Å². The Labute approximate surface area is 94.0 Å². The first-order valence-electron chi connectivity index (χ1n) is 5.20. The Morgan fingerprint density at radius 3 is 3.20 bits per heavy atom. The molecule has 0 aromatic heterocycles. The lowest BCUT2D eigenvalue weighted by atomic mass is 10.1. The number of rotatable bonds is 3. The van der Waals surface area contributed by atoms with E-state index < -0.39 is 0 Å².